The van der Waals surface area contributed by atoms with Gasteiger partial charge in [-0.1, -0.05) is 20.8 Å². The first kappa shape index (κ1) is 13.3. The Labute approximate surface area is 97.3 Å². The van der Waals surface area contributed by atoms with Crippen LogP contribution in [0.1, 0.15) is 46.5 Å². The number of aliphatic hydroxyl groups is 1. The molecule has 1 amide bonds. The highest BCUT2D eigenvalue weighted by Crippen LogP contribution is 2.46. The molecular weight excluding hydrogens is 206 g/mol. The Bertz CT molecular complexity index is 259. The van der Waals surface area contributed by atoms with E-state index >= 15 is 0 Å². The van der Waals surface area contributed by atoms with Crippen LogP contribution in [0.4, 0.5) is 4.79 Å². The minimum Gasteiger partial charge on any atom is -0.465 e. The fourth-order valence-electron chi connectivity index (χ4n) is 2.94. The van der Waals surface area contributed by atoms with Crippen molar-refractivity contribution in [3.8, 4) is 0 Å². The van der Waals surface area contributed by atoms with E-state index in [-0.39, 0.29) is 17.6 Å². The molecule has 0 spiro atoms. The summed E-state index contributed by atoms with van der Waals surface area (Å²) in [6.07, 6.45) is 2.42. The molecular formula is C12H23NO3. The van der Waals surface area contributed by atoms with Crippen molar-refractivity contribution >= 4 is 6.09 Å². The molecule has 1 rings (SSSR count). The van der Waals surface area contributed by atoms with E-state index in [0.717, 1.165) is 19.3 Å². The molecule has 1 aliphatic rings. The van der Waals surface area contributed by atoms with Gasteiger partial charge in [-0.3, -0.25) is 0 Å². The number of nitrogens with zero attached hydrogens (tertiary/aromatic N) is 1. The smallest absolute Gasteiger partial charge is 0.407 e. The lowest BCUT2D eigenvalue weighted by molar-refractivity contribution is 0.0196. The monoisotopic (exact) mass is 229 g/mol. The van der Waals surface area contributed by atoms with Gasteiger partial charge in [-0.2, -0.15) is 0 Å². The lowest BCUT2D eigenvalue weighted by Gasteiger charge is -2.47. The third kappa shape index (κ3) is 2.17. The van der Waals surface area contributed by atoms with Gasteiger partial charge in [-0.05, 0) is 31.1 Å². The van der Waals surface area contributed by atoms with Crippen molar-refractivity contribution in [2.24, 2.45) is 5.41 Å². The van der Waals surface area contributed by atoms with Gasteiger partial charge in [0.05, 0.1) is 5.54 Å². The van der Waals surface area contributed by atoms with Crippen LogP contribution in [0, 0.1) is 5.41 Å². The molecule has 16 heavy (non-hydrogen) atoms. The van der Waals surface area contributed by atoms with Crippen molar-refractivity contribution in [3.63, 3.8) is 0 Å². The van der Waals surface area contributed by atoms with E-state index in [1.54, 1.807) is 4.90 Å². The molecule has 0 aromatic carbocycles. The highest BCUT2D eigenvalue weighted by molar-refractivity contribution is 5.67. The predicted molar refractivity (Wildman–Crippen MR) is 62.5 cm³/mol. The van der Waals surface area contributed by atoms with Gasteiger partial charge < -0.3 is 15.1 Å². The highest BCUT2D eigenvalue weighted by atomic mass is 16.4. The normalized spacial score (nSPS) is 26.1. The summed E-state index contributed by atoms with van der Waals surface area (Å²) in [5, 5.41) is 18.2. The molecule has 0 aromatic rings. The maximum Gasteiger partial charge on any atom is 0.407 e. The first-order valence-corrected chi connectivity index (χ1v) is 5.96. The molecule has 0 radical (unpaired) electrons. The molecule has 2 N–H and O–H groups in total. The number of rotatable bonds is 3. The molecule has 1 saturated heterocycles. The Morgan fingerprint density at radius 3 is 2.50 bits per heavy atom. The Morgan fingerprint density at radius 1 is 1.44 bits per heavy atom. The Kier molecular flexibility index (Phi) is 3.84. The van der Waals surface area contributed by atoms with Gasteiger partial charge in [0.25, 0.3) is 0 Å². The van der Waals surface area contributed by atoms with E-state index in [1.807, 2.05) is 0 Å². The van der Waals surface area contributed by atoms with Crippen LogP contribution >= 0.6 is 0 Å². The minimum atomic E-state index is -0.828. The summed E-state index contributed by atoms with van der Waals surface area (Å²) in [4.78, 5) is 12.9. The van der Waals surface area contributed by atoms with Gasteiger partial charge in [-0.25, -0.2) is 4.79 Å². The number of hydrogen-bond donors (Lipinski definition) is 2. The Morgan fingerprint density at radius 2 is 2.06 bits per heavy atom. The van der Waals surface area contributed by atoms with Crippen molar-refractivity contribution in [2.75, 3.05) is 13.2 Å². The van der Waals surface area contributed by atoms with Crippen LogP contribution in [0.25, 0.3) is 0 Å². The molecule has 4 heteroatoms. The standard InChI is InChI=1S/C12H23NO3/c1-11(2,3)12(7-5-9-14)6-4-8-13(12)10(15)16/h14H,4-9H2,1-3H3,(H,15,16)/t12-/m1/s1. The van der Waals surface area contributed by atoms with E-state index in [1.165, 1.54) is 0 Å². The van der Waals surface area contributed by atoms with Crippen LogP contribution in [0.5, 0.6) is 0 Å². The van der Waals surface area contributed by atoms with Gasteiger partial charge in [0.1, 0.15) is 0 Å². The number of carboxylic acid groups (broad SMARTS) is 1. The topological polar surface area (TPSA) is 60.8 Å². The quantitative estimate of drug-likeness (QED) is 0.780. The van der Waals surface area contributed by atoms with E-state index < -0.39 is 6.09 Å². The third-order valence-electron chi connectivity index (χ3n) is 3.86. The Balaban J connectivity index is 2.98. The number of carbonyl (C=O) groups is 1. The molecule has 94 valence electrons. The first-order valence-electron chi connectivity index (χ1n) is 5.96. The summed E-state index contributed by atoms with van der Waals surface area (Å²) in [6.45, 7) is 7.02. The summed E-state index contributed by atoms with van der Waals surface area (Å²) in [5.74, 6) is 0. The van der Waals surface area contributed by atoms with Crippen LogP contribution in [0.15, 0.2) is 0 Å². The summed E-state index contributed by atoms with van der Waals surface area (Å²) in [5.41, 5.74) is -0.390. The molecule has 0 unspecified atom stereocenters. The molecule has 1 aliphatic heterocycles. The number of amides is 1. The molecule has 4 nitrogen and oxygen atoms in total. The third-order valence-corrected chi connectivity index (χ3v) is 3.86. The van der Waals surface area contributed by atoms with Crippen LogP contribution in [0.2, 0.25) is 0 Å². The Hall–Kier alpha value is -0.770. The number of likely N-dealkylation sites (tertiary alicyclic amines) is 1. The molecule has 0 bridgehead atoms. The second kappa shape index (κ2) is 4.62. The fraction of sp³-hybridized carbons (Fsp3) is 0.917. The average Bonchev–Trinajstić information content (AvgIpc) is 2.58. The second-order valence-corrected chi connectivity index (χ2v) is 5.65. The van der Waals surface area contributed by atoms with Gasteiger partial charge in [-0.15, -0.1) is 0 Å². The molecule has 0 aliphatic carbocycles. The van der Waals surface area contributed by atoms with Crippen molar-refractivity contribution in [1.82, 2.24) is 4.90 Å². The molecule has 1 heterocycles. The summed E-state index contributed by atoms with van der Waals surface area (Å²) >= 11 is 0. The zero-order chi connectivity index (χ0) is 12.4. The summed E-state index contributed by atoms with van der Waals surface area (Å²) in [7, 11) is 0. The fourth-order valence-corrected chi connectivity index (χ4v) is 2.94. The lowest BCUT2D eigenvalue weighted by atomic mass is 9.69. The maximum absolute atomic E-state index is 11.3. The zero-order valence-electron chi connectivity index (χ0n) is 10.5. The van der Waals surface area contributed by atoms with Crippen molar-refractivity contribution in [2.45, 2.75) is 52.0 Å². The van der Waals surface area contributed by atoms with Crippen molar-refractivity contribution in [3.05, 3.63) is 0 Å². The van der Waals surface area contributed by atoms with Crippen molar-refractivity contribution < 1.29 is 15.0 Å². The second-order valence-electron chi connectivity index (χ2n) is 5.65. The first-order chi connectivity index (χ1) is 7.35. The highest BCUT2D eigenvalue weighted by Gasteiger charge is 2.50. The van der Waals surface area contributed by atoms with Crippen molar-refractivity contribution in [1.29, 1.82) is 0 Å². The number of aliphatic hydroxyl groups excluding tert-OH is 1. The van der Waals surface area contributed by atoms with E-state index in [4.69, 9.17) is 5.11 Å². The largest absolute Gasteiger partial charge is 0.465 e. The van der Waals surface area contributed by atoms with Gasteiger partial charge in [0.2, 0.25) is 0 Å². The summed E-state index contributed by atoms with van der Waals surface area (Å²) < 4.78 is 0. The van der Waals surface area contributed by atoms with E-state index in [2.05, 4.69) is 20.8 Å². The van der Waals surface area contributed by atoms with Crippen LogP contribution in [-0.4, -0.2) is 39.9 Å². The molecule has 1 fully saturated rings. The number of hydrogen-bond acceptors (Lipinski definition) is 2. The average molecular weight is 229 g/mol. The predicted octanol–water partition coefficient (Wildman–Crippen LogP) is 2.32. The van der Waals surface area contributed by atoms with E-state index in [0.29, 0.717) is 13.0 Å². The van der Waals surface area contributed by atoms with E-state index in [9.17, 15) is 9.90 Å². The van der Waals surface area contributed by atoms with Crippen LogP contribution < -0.4 is 0 Å². The molecule has 1 atom stereocenters. The van der Waals surface area contributed by atoms with Gasteiger partial charge in [0.15, 0.2) is 0 Å². The minimum absolute atomic E-state index is 0.0862. The molecule has 0 saturated carbocycles. The lowest BCUT2D eigenvalue weighted by Crippen LogP contribution is -2.55. The summed E-state index contributed by atoms with van der Waals surface area (Å²) in [6, 6.07) is 0. The van der Waals surface area contributed by atoms with Gasteiger partial charge in [0, 0.05) is 13.2 Å². The SMILES string of the molecule is CC(C)(C)[C@]1(CCCO)CCCN1C(=O)O. The van der Waals surface area contributed by atoms with Crippen LogP contribution in [0.3, 0.4) is 0 Å². The van der Waals surface area contributed by atoms with Gasteiger partial charge >= 0.3 is 6.09 Å². The zero-order valence-corrected chi connectivity index (χ0v) is 10.5. The van der Waals surface area contributed by atoms with Crippen LogP contribution in [-0.2, 0) is 0 Å². The maximum atomic E-state index is 11.3. The molecule has 0 aromatic heterocycles.